The Hall–Kier alpha value is -1.19. The van der Waals surface area contributed by atoms with Crippen LogP contribution in [0, 0.1) is 6.92 Å². The summed E-state index contributed by atoms with van der Waals surface area (Å²) in [6, 6.07) is 6.71. The first kappa shape index (κ1) is 15.2. The molecule has 0 amide bonds. The average Bonchev–Trinajstić information content (AvgIpc) is 2.81. The van der Waals surface area contributed by atoms with E-state index in [1.807, 2.05) is 7.05 Å². The van der Waals surface area contributed by atoms with E-state index in [9.17, 15) is 0 Å². The second kappa shape index (κ2) is 6.06. The van der Waals surface area contributed by atoms with E-state index in [4.69, 9.17) is 4.98 Å². The lowest BCUT2D eigenvalue weighted by Crippen LogP contribution is -2.11. The van der Waals surface area contributed by atoms with Gasteiger partial charge >= 0.3 is 0 Å². The van der Waals surface area contributed by atoms with Crippen LogP contribution in [-0.2, 0) is 18.4 Å². The highest BCUT2D eigenvalue weighted by molar-refractivity contribution is 7.09. The number of nitrogens with zero attached hydrogens (tertiary/aromatic N) is 1. The van der Waals surface area contributed by atoms with Crippen LogP contribution in [0.4, 0.5) is 0 Å². The van der Waals surface area contributed by atoms with Crippen LogP contribution in [0.15, 0.2) is 23.6 Å². The van der Waals surface area contributed by atoms with Crippen molar-refractivity contribution in [1.82, 2.24) is 10.3 Å². The van der Waals surface area contributed by atoms with E-state index in [0.717, 1.165) is 13.0 Å². The van der Waals surface area contributed by atoms with Gasteiger partial charge in [-0.2, -0.15) is 0 Å². The van der Waals surface area contributed by atoms with Gasteiger partial charge in [-0.3, -0.25) is 0 Å². The van der Waals surface area contributed by atoms with Crippen molar-refractivity contribution < 1.29 is 0 Å². The molecule has 0 atom stereocenters. The lowest BCUT2D eigenvalue weighted by atomic mass is 9.93. The van der Waals surface area contributed by atoms with E-state index in [0.29, 0.717) is 0 Å². The molecule has 0 spiro atoms. The highest BCUT2D eigenvalue weighted by Gasteiger charge is 2.17. The molecule has 1 heterocycles. The van der Waals surface area contributed by atoms with Gasteiger partial charge in [-0.15, -0.1) is 11.3 Å². The van der Waals surface area contributed by atoms with Crippen LogP contribution in [0.1, 0.15) is 48.2 Å². The van der Waals surface area contributed by atoms with E-state index >= 15 is 0 Å². The molecule has 1 N–H and O–H groups in total. The number of hydrogen-bond acceptors (Lipinski definition) is 3. The van der Waals surface area contributed by atoms with Gasteiger partial charge in [0.1, 0.15) is 0 Å². The van der Waals surface area contributed by atoms with E-state index in [1.165, 1.54) is 27.4 Å². The topological polar surface area (TPSA) is 24.9 Å². The van der Waals surface area contributed by atoms with Gasteiger partial charge in [0.2, 0.25) is 0 Å². The quantitative estimate of drug-likeness (QED) is 0.917. The van der Waals surface area contributed by atoms with Gasteiger partial charge in [-0.1, -0.05) is 39.0 Å². The Bertz CT molecular complexity index is 579. The highest BCUT2D eigenvalue weighted by Crippen LogP contribution is 2.25. The van der Waals surface area contributed by atoms with Crippen LogP contribution in [0.3, 0.4) is 0 Å². The van der Waals surface area contributed by atoms with Gasteiger partial charge in [0, 0.05) is 23.8 Å². The first-order chi connectivity index (χ1) is 9.40. The molecule has 0 aliphatic heterocycles. The fourth-order valence-corrected chi connectivity index (χ4v) is 3.21. The number of hydrogen-bond donors (Lipinski definition) is 1. The van der Waals surface area contributed by atoms with Gasteiger partial charge in [0.25, 0.3) is 0 Å². The fourth-order valence-electron chi connectivity index (χ4n) is 2.17. The molecule has 1 aromatic heterocycles. The monoisotopic (exact) mass is 288 g/mol. The molecule has 0 unspecified atom stereocenters. The average molecular weight is 288 g/mol. The molecule has 0 fully saturated rings. The Morgan fingerprint density at radius 2 is 2.00 bits per heavy atom. The number of benzene rings is 1. The molecular formula is C17H24N2S. The van der Waals surface area contributed by atoms with E-state index in [2.05, 4.69) is 56.6 Å². The predicted octanol–water partition coefficient (Wildman–Crippen LogP) is 4.06. The van der Waals surface area contributed by atoms with Crippen molar-refractivity contribution in [3.8, 4) is 0 Å². The summed E-state index contributed by atoms with van der Waals surface area (Å²) in [7, 11) is 1.98. The molecule has 0 saturated carbocycles. The number of aryl methyl sites for hydroxylation is 1. The molecule has 1 aromatic carbocycles. The van der Waals surface area contributed by atoms with Crippen molar-refractivity contribution in [2.24, 2.45) is 0 Å². The summed E-state index contributed by atoms with van der Waals surface area (Å²) in [5.41, 5.74) is 5.40. The highest BCUT2D eigenvalue weighted by atomic mass is 32.1. The van der Waals surface area contributed by atoms with Crippen molar-refractivity contribution in [3.63, 3.8) is 0 Å². The predicted molar refractivity (Wildman–Crippen MR) is 87.6 cm³/mol. The zero-order valence-corrected chi connectivity index (χ0v) is 13.9. The second-order valence-corrected chi connectivity index (χ2v) is 7.29. The Labute approximate surface area is 126 Å². The number of nitrogens with one attached hydrogen (secondary N) is 1. The van der Waals surface area contributed by atoms with Crippen LogP contribution in [0.25, 0.3) is 0 Å². The molecule has 0 aliphatic carbocycles. The Kier molecular flexibility index (Phi) is 4.61. The molecule has 0 aliphatic rings. The van der Waals surface area contributed by atoms with Crippen molar-refractivity contribution >= 4 is 11.3 Å². The maximum Gasteiger partial charge on any atom is 0.0972 e. The Balaban J connectivity index is 2.16. The van der Waals surface area contributed by atoms with Gasteiger partial charge < -0.3 is 5.32 Å². The van der Waals surface area contributed by atoms with Crippen LogP contribution < -0.4 is 5.32 Å². The zero-order chi connectivity index (χ0) is 14.8. The lowest BCUT2D eigenvalue weighted by molar-refractivity contribution is 0.571. The van der Waals surface area contributed by atoms with Crippen LogP contribution in [0.5, 0.6) is 0 Å². The first-order valence-electron chi connectivity index (χ1n) is 7.08. The molecule has 0 bridgehead atoms. The Morgan fingerprint density at radius 3 is 2.55 bits per heavy atom. The number of aromatic nitrogens is 1. The maximum absolute atomic E-state index is 4.78. The zero-order valence-electron chi connectivity index (χ0n) is 13.1. The van der Waals surface area contributed by atoms with Crippen molar-refractivity contribution in [3.05, 3.63) is 51.0 Å². The molecule has 2 nitrogen and oxygen atoms in total. The van der Waals surface area contributed by atoms with E-state index in [-0.39, 0.29) is 5.41 Å². The summed E-state index contributed by atoms with van der Waals surface area (Å²) in [6.07, 6.45) is 0.937. The van der Waals surface area contributed by atoms with Gasteiger partial charge in [0.05, 0.1) is 10.7 Å². The molecule has 0 saturated heterocycles. The van der Waals surface area contributed by atoms with Crippen molar-refractivity contribution in [2.75, 3.05) is 7.05 Å². The summed E-state index contributed by atoms with van der Waals surface area (Å²) in [5, 5.41) is 6.59. The molecule has 2 rings (SSSR count). The standard InChI is InChI=1S/C17H24N2S/c1-12-8-13(10-18-5)6-7-14(12)9-16-19-15(11-20-16)17(2,3)4/h6-8,11,18H,9-10H2,1-5H3. The summed E-state index contributed by atoms with van der Waals surface area (Å²) in [6.45, 7) is 9.75. The van der Waals surface area contributed by atoms with Gasteiger partial charge in [-0.05, 0) is 30.7 Å². The third-order valence-corrected chi connectivity index (χ3v) is 4.30. The SMILES string of the molecule is CNCc1ccc(Cc2nc(C(C)(C)C)cs2)c(C)c1. The second-order valence-electron chi connectivity index (χ2n) is 6.34. The maximum atomic E-state index is 4.78. The Morgan fingerprint density at radius 1 is 1.25 bits per heavy atom. The van der Waals surface area contributed by atoms with Crippen LogP contribution in [-0.4, -0.2) is 12.0 Å². The van der Waals surface area contributed by atoms with Crippen LogP contribution in [0.2, 0.25) is 0 Å². The number of rotatable bonds is 4. The third kappa shape index (κ3) is 3.68. The van der Waals surface area contributed by atoms with Gasteiger partial charge in [-0.25, -0.2) is 4.98 Å². The molecule has 108 valence electrons. The fraction of sp³-hybridized carbons (Fsp3) is 0.471. The third-order valence-electron chi connectivity index (χ3n) is 3.45. The molecule has 3 heteroatoms. The summed E-state index contributed by atoms with van der Waals surface area (Å²) < 4.78 is 0. The minimum atomic E-state index is 0.139. The lowest BCUT2D eigenvalue weighted by Gasteiger charge is -2.14. The minimum absolute atomic E-state index is 0.139. The molecule has 2 aromatic rings. The number of thiazole rings is 1. The largest absolute Gasteiger partial charge is 0.316 e. The van der Waals surface area contributed by atoms with E-state index < -0.39 is 0 Å². The summed E-state index contributed by atoms with van der Waals surface area (Å²) in [4.78, 5) is 4.78. The first-order valence-corrected chi connectivity index (χ1v) is 7.96. The molecule has 0 radical (unpaired) electrons. The molecular weight excluding hydrogens is 264 g/mol. The van der Waals surface area contributed by atoms with Crippen molar-refractivity contribution in [2.45, 2.75) is 46.1 Å². The smallest absolute Gasteiger partial charge is 0.0972 e. The summed E-state index contributed by atoms with van der Waals surface area (Å²) in [5.74, 6) is 0. The van der Waals surface area contributed by atoms with Crippen molar-refractivity contribution in [1.29, 1.82) is 0 Å². The minimum Gasteiger partial charge on any atom is -0.316 e. The van der Waals surface area contributed by atoms with E-state index in [1.54, 1.807) is 11.3 Å². The summed E-state index contributed by atoms with van der Waals surface area (Å²) >= 11 is 1.77. The molecule has 20 heavy (non-hydrogen) atoms. The normalized spacial score (nSPS) is 11.8. The van der Waals surface area contributed by atoms with Crippen LogP contribution >= 0.6 is 11.3 Å². The van der Waals surface area contributed by atoms with Gasteiger partial charge in [0.15, 0.2) is 0 Å².